The number of ether oxygens (including phenoxy) is 1. The Balaban J connectivity index is 2.56. The normalized spacial score (nSPS) is 14.6. The van der Waals surface area contributed by atoms with Gasteiger partial charge in [-0.2, -0.15) is 0 Å². The van der Waals surface area contributed by atoms with Crippen molar-refractivity contribution in [2.45, 2.75) is 32.4 Å². The number of rotatable bonds is 5. The number of carbonyl (C=O) groups is 1. The smallest absolute Gasteiger partial charge is 0.322 e. The van der Waals surface area contributed by atoms with Gasteiger partial charge in [-0.15, -0.1) is 0 Å². The lowest BCUT2D eigenvalue weighted by Gasteiger charge is -2.18. The molecule has 1 heterocycles. The Hall–Kier alpha value is -1.29. The van der Waals surface area contributed by atoms with Crippen LogP contribution < -0.4 is 5.32 Å². The zero-order chi connectivity index (χ0) is 11.3. The van der Waals surface area contributed by atoms with Crippen LogP contribution in [-0.2, 0) is 9.53 Å². The molecule has 0 saturated carbocycles. The minimum Gasteiger partial charge on any atom is -0.468 e. The molecule has 15 heavy (non-hydrogen) atoms. The molecule has 84 valence electrons. The molecule has 0 spiro atoms. The highest BCUT2D eigenvalue weighted by Gasteiger charge is 2.20. The maximum absolute atomic E-state index is 11.3. The molecule has 0 radical (unpaired) electrons. The van der Waals surface area contributed by atoms with E-state index < -0.39 is 0 Å². The lowest BCUT2D eigenvalue weighted by molar-refractivity contribution is -0.143. The first-order chi connectivity index (χ1) is 7.19. The summed E-state index contributed by atoms with van der Waals surface area (Å²) in [5.41, 5.74) is 0. The molecular formula is C11H17NO3. The van der Waals surface area contributed by atoms with Gasteiger partial charge in [0.05, 0.1) is 19.4 Å². The maximum Gasteiger partial charge on any atom is 0.322 e. The van der Waals surface area contributed by atoms with Crippen LogP contribution in [0.4, 0.5) is 0 Å². The number of hydrogen-bond acceptors (Lipinski definition) is 4. The average Bonchev–Trinajstić information content (AvgIpc) is 2.77. The molecule has 1 aromatic heterocycles. The van der Waals surface area contributed by atoms with Crippen molar-refractivity contribution in [2.24, 2.45) is 0 Å². The van der Waals surface area contributed by atoms with Crippen molar-refractivity contribution in [1.82, 2.24) is 5.32 Å². The Kier molecular flexibility index (Phi) is 4.37. The molecule has 1 aromatic rings. The van der Waals surface area contributed by atoms with Gasteiger partial charge in [-0.1, -0.05) is 6.92 Å². The third kappa shape index (κ3) is 3.09. The van der Waals surface area contributed by atoms with Gasteiger partial charge in [0.25, 0.3) is 0 Å². The summed E-state index contributed by atoms with van der Waals surface area (Å²) in [5.74, 6) is 0.577. The van der Waals surface area contributed by atoms with E-state index in [0.29, 0.717) is 6.42 Å². The van der Waals surface area contributed by atoms with E-state index in [1.54, 1.807) is 6.26 Å². The van der Waals surface area contributed by atoms with Crippen LogP contribution in [-0.4, -0.2) is 19.1 Å². The van der Waals surface area contributed by atoms with Gasteiger partial charge in [0.2, 0.25) is 0 Å². The molecule has 2 atom stereocenters. The van der Waals surface area contributed by atoms with E-state index in [1.807, 2.05) is 26.0 Å². The van der Waals surface area contributed by atoms with E-state index >= 15 is 0 Å². The van der Waals surface area contributed by atoms with Crippen molar-refractivity contribution in [1.29, 1.82) is 0 Å². The minimum atomic E-state index is -0.282. The molecule has 0 amide bonds. The van der Waals surface area contributed by atoms with E-state index in [4.69, 9.17) is 4.42 Å². The summed E-state index contributed by atoms with van der Waals surface area (Å²) < 4.78 is 9.93. The second-order valence-electron chi connectivity index (χ2n) is 3.39. The summed E-state index contributed by atoms with van der Waals surface area (Å²) in [7, 11) is 1.39. The fourth-order valence-corrected chi connectivity index (χ4v) is 1.42. The predicted octanol–water partition coefficient (Wildman–Crippen LogP) is 1.88. The van der Waals surface area contributed by atoms with E-state index in [9.17, 15) is 4.79 Å². The molecule has 4 heteroatoms. The molecule has 0 aliphatic carbocycles. The van der Waals surface area contributed by atoms with Crippen molar-refractivity contribution < 1.29 is 13.9 Å². The summed E-state index contributed by atoms with van der Waals surface area (Å²) in [5, 5.41) is 3.15. The van der Waals surface area contributed by atoms with Gasteiger partial charge >= 0.3 is 5.97 Å². The largest absolute Gasteiger partial charge is 0.468 e. The summed E-state index contributed by atoms with van der Waals surface area (Å²) >= 11 is 0. The van der Waals surface area contributed by atoms with E-state index in [1.165, 1.54) is 7.11 Å². The second-order valence-corrected chi connectivity index (χ2v) is 3.39. The highest BCUT2D eigenvalue weighted by molar-refractivity contribution is 5.75. The van der Waals surface area contributed by atoms with E-state index in [-0.39, 0.29) is 18.1 Å². The van der Waals surface area contributed by atoms with Gasteiger partial charge in [-0.3, -0.25) is 10.1 Å². The Bertz CT molecular complexity index is 295. The van der Waals surface area contributed by atoms with Crippen molar-refractivity contribution in [3.63, 3.8) is 0 Å². The number of methoxy groups -OCH3 is 1. The molecule has 0 fully saturated rings. The first-order valence-electron chi connectivity index (χ1n) is 5.06. The van der Waals surface area contributed by atoms with Crippen LogP contribution in [0.25, 0.3) is 0 Å². The Morgan fingerprint density at radius 3 is 2.87 bits per heavy atom. The number of nitrogens with one attached hydrogen (secondary N) is 1. The van der Waals surface area contributed by atoms with Crippen LogP contribution in [0, 0.1) is 0 Å². The van der Waals surface area contributed by atoms with Gasteiger partial charge in [0.1, 0.15) is 11.8 Å². The van der Waals surface area contributed by atoms with Crippen LogP contribution in [0.1, 0.15) is 32.1 Å². The molecule has 1 rings (SSSR count). The zero-order valence-corrected chi connectivity index (χ0v) is 9.32. The molecule has 0 aliphatic heterocycles. The third-order valence-electron chi connectivity index (χ3n) is 2.32. The fourth-order valence-electron chi connectivity index (χ4n) is 1.42. The summed E-state index contributed by atoms with van der Waals surface area (Å²) in [4.78, 5) is 11.3. The van der Waals surface area contributed by atoms with Crippen molar-refractivity contribution in [2.75, 3.05) is 7.11 Å². The van der Waals surface area contributed by atoms with Crippen LogP contribution in [0.2, 0.25) is 0 Å². The van der Waals surface area contributed by atoms with Gasteiger partial charge in [-0.05, 0) is 25.5 Å². The molecular weight excluding hydrogens is 194 g/mol. The Labute approximate surface area is 89.6 Å². The molecule has 1 N–H and O–H groups in total. The zero-order valence-electron chi connectivity index (χ0n) is 9.32. The summed E-state index contributed by atoms with van der Waals surface area (Å²) in [6, 6.07) is 3.42. The number of carbonyl (C=O) groups excluding carboxylic acids is 1. The van der Waals surface area contributed by atoms with Gasteiger partial charge < -0.3 is 9.15 Å². The van der Waals surface area contributed by atoms with Crippen LogP contribution in [0.15, 0.2) is 22.8 Å². The average molecular weight is 211 g/mol. The quantitative estimate of drug-likeness (QED) is 0.755. The third-order valence-corrected chi connectivity index (χ3v) is 2.32. The lowest BCUT2D eigenvalue weighted by atomic mass is 10.1. The predicted molar refractivity (Wildman–Crippen MR) is 56.4 cm³/mol. The van der Waals surface area contributed by atoms with Crippen molar-refractivity contribution in [3.05, 3.63) is 24.2 Å². The van der Waals surface area contributed by atoms with Crippen molar-refractivity contribution >= 4 is 5.97 Å². The first-order valence-corrected chi connectivity index (χ1v) is 5.06. The fraction of sp³-hybridized carbons (Fsp3) is 0.545. The lowest BCUT2D eigenvalue weighted by Crippen LogP contribution is -2.38. The van der Waals surface area contributed by atoms with Crippen molar-refractivity contribution in [3.8, 4) is 0 Å². The molecule has 0 aliphatic rings. The molecule has 0 aromatic carbocycles. The monoisotopic (exact) mass is 211 g/mol. The Morgan fingerprint density at radius 2 is 2.40 bits per heavy atom. The van der Waals surface area contributed by atoms with Crippen LogP contribution >= 0.6 is 0 Å². The number of furan rings is 1. The van der Waals surface area contributed by atoms with Gasteiger partial charge in [0.15, 0.2) is 0 Å². The van der Waals surface area contributed by atoms with Gasteiger partial charge in [-0.25, -0.2) is 0 Å². The van der Waals surface area contributed by atoms with Crippen LogP contribution in [0.5, 0.6) is 0 Å². The molecule has 0 bridgehead atoms. The minimum absolute atomic E-state index is 0.00375. The molecule has 0 saturated heterocycles. The topological polar surface area (TPSA) is 51.5 Å². The maximum atomic E-state index is 11.3. The molecule has 4 nitrogen and oxygen atoms in total. The van der Waals surface area contributed by atoms with Crippen LogP contribution in [0.3, 0.4) is 0 Å². The highest BCUT2D eigenvalue weighted by atomic mass is 16.5. The highest BCUT2D eigenvalue weighted by Crippen LogP contribution is 2.13. The molecule has 2 unspecified atom stereocenters. The van der Waals surface area contributed by atoms with E-state index in [0.717, 1.165) is 5.76 Å². The standard InChI is InChI=1S/C11H17NO3/c1-4-9(11(13)14-3)12-8(2)10-6-5-7-15-10/h5-9,12H,4H2,1-3H3. The summed E-state index contributed by atoms with van der Waals surface area (Å²) in [6.45, 7) is 3.88. The van der Waals surface area contributed by atoms with E-state index in [2.05, 4.69) is 10.1 Å². The summed E-state index contributed by atoms with van der Waals surface area (Å²) in [6.07, 6.45) is 2.31. The first kappa shape index (κ1) is 11.8. The SMILES string of the molecule is CCC(NC(C)c1ccco1)C(=O)OC. The number of esters is 1. The second kappa shape index (κ2) is 5.56. The number of hydrogen-bond donors (Lipinski definition) is 1. The Morgan fingerprint density at radius 1 is 1.67 bits per heavy atom. The van der Waals surface area contributed by atoms with Gasteiger partial charge in [0, 0.05) is 0 Å².